The van der Waals surface area contributed by atoms with Crippen molar-refractivity contribution in [2.45, 2.75) is 6.43 Å². The monoisotopic (exact) mass is 329 g/mol. The van der Waals surface area contributed by atoms with E-state index in [1.165, 1.54) is 0 Å². The summed E-state index contributed by atoms with van der Waals surface area (Å²) in [5.41, 5.74) is -1.12. The van der Waals surface area contributed by atoms with Crippen LogP contribution in [0.2, 0.25) is 0 Å². The number of carbonyl (C=O) groups is 1. The summed E-state index contributed by atoms with van der Waals surface area (Å²) in [6.45, 7) is 0. The van der Waals surface area contributed by atoms with Crippen molar-refractivity contribution in [1.29, 1.82) is 0 Å². The van der Waals surface area contributed by atoms with Crippen LogP contribution >= 0.6 is 22.6 Å². The molecule has 1 rings (SSSR count). The van der Waals surface area contributed by atoms with E-state index in [0.29, 0.717) is 0 Å². The van der Waals surface area contributed by atoms with Crippen molar-refractivity contribution in [2.75, 3.05) is 7.11 Å². The maximum absolute atomic E-state index is 12.5. The summed E-state index contributed by atoms with van der Waals surface area (Å²) in [5, 5.41) is 9.23. The minimum atomic E-state index is -2.90. The minimum Gasteiger partial charge on any atom is -0.505 e. The van der Waals surface area contributed by atoms with Crippen LogP contribution in [0.4, 0.5) is 8.78 Å². The van der Waals surface area contributed by atoms with Gasteiger partial charge in [0.15, 0.2) is 0 Å². The van der Waals surface area contributed by atoms with Gasteiger partial charge in [-0.05, 0) is 28.7 Å². The highest BCUT2D eigenvalue weighted by Gasteiger charge is 2.22. The lowest BCUT2D eigenvalue weighted by Gasteiger charge is -2.07. The standard InChI is InChI=1S/C8H6F2INO3/c1-15-8(14)3-2-4(13)7(11)12-5(3)6(9)10/h2,6,13H,1H3. The molecule has 0 amide bonds. The van der Waals surface area contributed by atoms with Crippen molar-refractivity contribution < 1.29 is 23.4 Å². The highest BCUT2D eigenvalue weighted by molar-refractivity contribution is 14.1. The van der Waals surface area contributed by atoms with Crippen LogP contribution < -0.4 is 0 Å². The molecule has 0 aliphatic carbocycles. The van der Waals surface area contributed by atoms with Crippen molar-refractivity contribution in [1.82, 2.24) is 4.98 Å². The van der Waals surface area contributed by atoms with E-state index in [1.54, 1.807) is 22.6 Å². The van der Waals surface area contributed by atoms with Gasteiger partial charge in [-0.25, -0.2) is 18.6 Å². The Morgan fingerprint density at radius 1 is 1.67 bits per heavy atom. The van der Waals surface area contributed by atoms with Crippen LogP contribution in [0.15, 0.2) is 6.07 Å². The number of hydrogen-bond donors (Lipinski definition) is 1. The second kappa shape index (κ2) is 4.69. The lowest BCUT2D eigenvalue weighted by molar-refractivity contribution is 0.0586. The number of hydrogen-bond acceptors (Lipinski definition) is 4. The van der Waals surface area contributed by atoms with Crippen molar-refractivity contribution in [3.8, 4) is 5.75 Å². The van der Waals surface area contributed by atoms with Crippen LogP contribution in [0.5, 0.6) is 5.75 Å². The molecule has 0 bridgehead atoms. The highest BCUT2D eigenvalue weighted by Crippen LogP contribution is 2.27. The molecular formula is C8H6F2INO3. The van der Waals surface area contributed by atoms with E-state index in [4.69, 9.17) is 0 Å². The molecule has 0 radical (unpaired) electrons. The Morgan fingerprint density at radius 3 is 2.73 bits per heavy atom. The number of esters is 1. The van der Waals surface area contributed by atoms with Crippen LogP contribution in [-0.4, -0.2) is 23.2 Å². The summed E-state index contributed by atoms with van der Waals surface area (Å²) >= 11 is 1.59. The van der Waals surface area contributed by atoms with E-state index in [1.807, 2.05) is 0 Å². The fourth-order valence-electron chi connectivity index (χ4n) is 0.933. The first-order chi connectivity index (χ1) is 6.97. The molecule has 1 aromatic rings. The molecule has 1 N–H and O–H groups in total. The normalized spacial score (nSPS) is 10.5. The molecule has 82 valence electrons. The molecule has 0 aliphatic heterocycles. The van der Waals surface area contributed by atoms with Crippen LogP contribution in [-0.2, 0) is 4.74 Å². The van der Waals surface area contributed by atoms with E-state index < -0.39 is 23.7 Å². The quantitative estimate of drug-likeness (QED) is 0.513. The second-order valence-electron chi connectivity index (χ2n) is 2.52. The van der Waals surface area contributed by atoms with E-state index in [9.17, 15) is 18.7 Å². The number of aromatic hydroxyl groups is 1. The number of pyridine rings is 1. The van der Waals surface area contributed by atoms with Crippen LogP contribution in [0.1, 0.15) is 22.5 Å². The number of aromatic nitrogens is 1. The Morgan fingerprint density at radius 2 is 2.27 bits per heavy atom. The number of alkyl halides is 2. The fraction of sp³-hybridized carbons (Fsp3) is 0.250. The third-order valence-corrected chi connectivity index (χ3v) is 2.39. The topological polar surface area (TPSA) is 59.4 Å². The maximum atomic E-state index is 12.5. The van der Waals surface area contributed by atoms with Crippen molar-refractivity contribution in [3.05, 3.63) is 21.0 Å². The smallest absolute Gasteiger partial charge is 0.340 e. The molecular weight excluding hydrogens is 323 g/mol. The molecule has 1 aromatic heterocycles. The number of ether oxygens (including phenoxy) is 1. The Balaban J connectivity index is 3.34. The summed E-state index contributed by atoms with van der Waals surface area (Å²) in [5.74, 6) is -1.29. The molecule has 0 atom stereocenters. The lowest BCUT2D eigenvalue weighted by atomic mass is 10.2. The van der Waals surface area contributed by atoms with Gasteiger partial charge >= 0.3 is 5.97 Å². The molecule has 0 saturated carbocycles. The zero-order valence-corrected chi connectivity index (χ0v) is 9.66. The maximum Gasteiger partial charge on any atom is 0.340 e. The second-order valence-corrected chi connectivity index (χ2v) is 3.55. The summed E-state index contributed by atoms with van der Waals surface area (Å²) in [6.07, 6.45) is -2.90. The molecule has 0 aromatic carbocycles. The average molecular weight is 329 g/mol. The van der Waals surface area contributed by atoms with Gasteiger partial charge in [0.1, 0.15) is 15.1 Å². The first kappa shape index (κ1) is 12.1. The Labute approximate surface area is 97.4 Å². The van der Waals surface area contributed by atoms with Gasteiger partial charge in [-0.1, -0.05) is 0 Å². The van der Waals surface area contributed by atoms with Crippen LogP contribution in [0.3, 0.4) is 0 Å². The molecule has 1 heterocycles. The van der Waals surface area contributed by atoms with Gasteiger partial charge in [-0.2, -0.15) is 0 Å². The molecule has 0 spiro atoms. The number of carbonyl (C=O) groups excluding carboxylic acids is 1. The Hall–Kier alpha value is -0.990. The average Bonchev–Trinajstić information content (AvgIpc) is 2.20. The Bertz CT molecular complexity index is 398. The van der Waals surface area contributed by atoms with Crippen molar-refractivity contribution in [2.24, 2.45) is 0 Å². The third kappa shape index (κ3) is 2.52. The SMILES string of the molecule is COC(=O)c1cc(O)c(I)nc1C(F)F. The number of nitrogens with zero attached hydrogens (tertiary/aromatic N) is 1. The zero-order chi connectivity index (χ0) is 11.6. The van der Waals surface area contributed by atoms with Gasteiger partial charge < -0.3 is 9.84 Å². The number of methoxy groups -OCH3 is 1. The van der Waals surface area contributed by atoms with E-state index >= 15 is 0 Å². The molecule has 7 heteroatoms. The van der Waals surface area contributed by atoms with Crippen molar-refractivity contribution >= 4 is 28.6 Å². The van der Waals surface area contributed by atoms with Gasteiger partial charge in [0.05, 0.1) is 12.7 Å². The van der Waals surface area contributed by atoms with Gasteiger partial charge in [-0.3, -0.25) is 0 Å². The predicted octanol–water partition coefficient (Wildman–Crippen LogP) is 2.12. The van der Waals surface area contributed by atoms with Gasteiger partial charge in [0.25, 0.3) is 6.43 Å². The van der Waals surface area contributed by atoms with Crippen molar-refractivity contribution in [3.63, 3.8) is 0 Å². The molecule has 4 nitrogen and oxygen atoms in total. The fourth-order valence-corrected chi connectivity index (χ4v) is 1.35. The molecule has 0 aliphatic rings. The minimum absolute atomic E-state index is 0.00977. The third-order valence-electron chi connectivity index (χ3n) is 1.60. The summed E-state index contributed by atoms with van der Waals surface area (Å²) in [7, 11) is 1.06. The summed E-state index contributed by atoms with van der Waals surface area (Å²) in [4.78, 5) is 14.5. The Kier molecular flexibility index (Phi) is 3.77. The molecule has 0 fully saturated rings. The largest absolute Gasteiger partial charge is 0.505 e. The predicted molar refractivity (Wildman–Crippen MR) is 54.9 cm³/mol. The van der Waals surface area contributed by atoms with Crippen LogP contribution in [0, 0.1) is 3.70 Å². The van der Waals surface area contributed by atoms with Gasteiger partial charge in [0.2, 0.25) is 0 Å². The zero-order valence-electron chi connectivity index (χ0n) is 7.50. The summed E-state index contributed by atoms with van der Waals surface area (Å²) < 4.78 is 29.3. The van der Waals surface area contributed by atoms with Crippen LogP contribution in [0.25, 0.3) is 0 Å². The first-order valence-electron chi connectivity index (χ1n) is 3.73. The molecule has 15 heavy (non-hydrogen) atoms. The summed E-state index contributed by atoms with van der Waals surface area (Å²) in [6, 6.07) is 0.919. The number of halogens is 3. The molecule has 0 saturated heterocycles. The first-order valence-corrected chi connectivity index (χ1v) is 4.81. The highest BCUT2D eigenvalue weighted by atomic mass is 127. The number of rotatable bonds is 2. The lowest BCUT2D eigenvalue weighted by Crippen LogP contribution is -2.09. The van der Waals surface area contributed by atoms with E-state index in [0.717, 1.165) is 13.2 Å². The molecule has 0 unspecified atom stereocenters. The van der Waals surface area contributed by atoms with Gasteiger partial charge in [0, 0.05) is 0 Å². The van der Waals surface area contributed by atoms with E-state index in [-0.39, 0.29) is 9.45 Å². The van der Waals surface area contributed by atoms with E-state index in [2.05, 4.69) is 9.72 Å². The van der Waals surface area contributed by atoms with Gasteiger partial charge in [-0.15, -0.1) is 0 Å².